The van der Waals surface area contributed by atoms with E-state index < -0.39 is 0 Å². The summed E-state index contributed by atoms with van der Waals surface area (Å²) in [7, 11) is 1.91. The molecular formula is C19H29N3O3. The molecule has 1 fully saturated rings. The van der Waals surface area contributed by atoms with Gasteiger partial charge in [0.2, 0.25) is 11.8 Å². The third-order valence-corrected chi connectivity index (χ3v) is 4.86. The van der Waals surface area contributed by atoms with Crippen molar-refractivity contribution in [3.63, 3.8) is 0 Å². The smallest absolute Gasteiger partial charge is 0.239 e. The van der Waals surface area contributed by atoms with Gasteiger partial charge in [0.1, 0.15) is 12.4 Å². The Morgan fingerprint density at radius 3 is 2.88 bits per heavy atom. The summed E-state index contributed by atoms with van der Waals surface area (Å²) in [5.74, 6) is 0.349. The number of primary amides is 1. The Kier molecular flexibility index (Phi) is 6.82. The maximum Gasteiger partial charge on any atom is 0.239 e. The number of nitrogens with zero attached hydrogens (tertiary/aromatic N) is 2. The van der Waals surface area contributed by atoms with E-state index >= 15 is 0 Å². The van der Waals surface area contributed by atoms with Crippen molar-refractivity contribution in [2.24, 2.45) is 11.7 Å². The number of hydrogen-bond acceptors (Lipinski definition) is 4. The van der Waals surface area contributed by atoms with Gasteiger partial charge in [0.25, 0.3) is 0 Å². The molecule has 0 bridgehead atoms. The first-order valence-corrected chi connectivity index (χ1v) is 8.86. The van der Waals surface area contributed by atoms with Crippen LogP contribution in [0.4, 0.5) is 0 Å². The maximum absolute atomic E-state index is 12.7. The van der Waals surface area contributed by atoms with E-state index in [4.69, 9.17) is 10.5 Å². The fraction of sp³-hybridized carbons (Fsp3) is 0.579. The zero-order valence-electron chi connectivity index (χ0n) is 15.4. The highest BCUT2D eigenvalue weighted by molar-refractivity contribution is 5.83. The summed E-state index contributed by atoms with van der Waals surface area (Å²) in [5.41, 5.74) is 6.55. The van der Waals surface area contributed by atoms with Crippen LogP contribution in [0.3, 0.4) is 0 Å². The molecule has 6 nitrogen and oxygen atoms in total. The number of hydrogen-bond donors (Lipinski definition) is 1. The van der Waals surface area contributed by atoms with Gasteiger partial charge in [-0.15, -0.1) is 0 Å². The lowest BCUT2D eigenvalue weighted by molar-refractivity contribution is -0.139. The molecule has 1 aromatic carbocycles. The van der Waals surface area contributed by atoms with Gasteiger partial charge in [-0.1, -0.05) is 12.1 Å². The van der Waals surface area contributed by atoms with Crippen LogP contribution in [0.2, 0.25) is 0 Å². The number of likely N-dealkylation sites (tertiary alicyclic amines) is 1. The summed E-state index contributed by atoms with van der Waals surface area (Å²) in [5, 5.41) is 0. The van der Waals surface area contributed by atoms with E-state index in [2.05, 4.69) is 0 Å². The fourth-order valence-corrected chi connectivity index (χ4v) is 3.07. The molecule has 138 valence electrons. The molecule has 1 aliphatic rings. The van der Waals surface area contributed by atoms with Crippen LogP contribution in [0.15, 0.2) is 24.3 Å². The summed E-state index contributed by atoms with van der Waals surface area (Å²) >= 11 is 0. The van der Waals surface area contributed by atoms with Crippen molar-refractivity contribution >= 4 is 11.8 Å². The Bertz CT molecular complexity index is 605. The van der Waals surface area contributed by atoms with Crippen LogP contribution in [-0.4, -0.2) is 60.9 Å². The Hall–Kier alpha value is -2.08. The van der Waals surface area contributed by atoms with Crippen molar-refractivity contribution in [3.8, 4) is 5.75 Å². The predicted octanol–water partition coefficient (Wildman–Crippen LogP) is 1.42. The molecule has 1 saturated heterocycles. The molecule has 0 spiro atoms. The summed E-state index contributed by atoms with van der Waals surface area (Å²) in [4.78, 5) is 27.8. The summed E-state index contributed by atoms with van der Waals surface area (Å²) in [6.07, 6.45) is 1.60. The SMILES string of the molecule is Cc1cccc(OCCN(C)[C@@H](C)C(=O)N2CCC[C@@H](C(N)=O)C2)c1. The number of benzene rings is 1. The van der Waals surface area contributed by atoms with E-state index in [9.17, 15) is 9.59 Å². The molecule has 0 aliphatic carbocycles. The minimum absolute atomic E-state index is 0.0454. The number of piperidine rings is 1. The summed E-state index contributed by atoms with van der Waals surface area (Å²) in [6, 6.07) is 7.66. The number of ether oxygens (including phenoxy) is 1. The van der Waals surface area contributed by atoms with E-state index in [0.717, 1.165) is 24.2 Å². The lowest BCUT2D eigenvalue weighted by atomic mass is 9.97. The minimum Gasteiger partial charge on any atom is -0.492 e. The molecule has 0 saturated carbocycles. The van der Waals surface area contributed by atoms with Crippen LogP contribution in [-0.2, 0) is 9.59 Å². The van der Waals surface area contributed by atoms with Crippen LogP contribution in [0.25, 0.3) is 0 Å². The first-order valence-electron chi connectivity index (χ1n) is 8.86. The van der Waals surface area contributed by atoms with E-state index in [1.54, 1.807) is 4.90 Å². The molecule has 6 heteroatoms. The number of nitrogens with two attached hydrogens (primary N) is 1. The molecule has 0 unspecified atom stereocenters. The quantitative estimate of drug-likeness (QED) is 0.809. The predicted molar refractivity (Wildman–Crippen MR) is 97.3 cm³/mol. The topological polar surface area (TPSA) is 75.9 Å². The summed E-state index contributed by atoms with van der Waals surface area (Å²) < 4.78 is 5.75. The summed E-state index contributed by atoms with van der Waals surface area (Å²) in [6.45, 7) is 6.21. The molecule has 2 atom stereocenters. The van der Waals surface area contributed by atoms with Gasteiger partial charge < -0.3 is 15.4 Å². The van der Waals surface area contributed by atoms with Gasteiger partial charge in [0, 0.05) is 19.6 Å². The highest BCUT2D eigenvalue weighted by Gasteiger charge is 2.30. The molecule has 1 heterocycles. The second-order valence-corrected chi connectivity index (χ2v) is 6.85. The fourth-order valence-electron chi connectivity index (χ4n) is 3.07. The van der Waals surface area contributed by atoms with Gasteiger partial charge >= 0.3 is 0 Å². The molecule has 25 heavy (non-hydrogen) atoms. The molecular weight excluding hydrogens is 318 g/mol. The Morgan fingerprint density at radius 2 is 2.20 bits per heavy atom. The Morgan fingerprint density at radius 1 is 1.44 bits per heavy atom. The molecule has 2 rings (SSSR count). The molecule has 1 aliphatic heterocycles. The monoisotopic (exact) mass is 347 g/mol. The number of carbonyl (C=O) groups excluding carboxylic acids is 2. The van der Waals surface area contributed by atoms with Crippen LogP contribution >= 0.6 is 0 Å². The number of carbonyl (C=O) groups is 2. The second-order valence-electron chi connectivity index (χ2n) is 6.85. The lowest BCUT2D eigenvalue weighted by Crippen LogP contribution is -2.51. The molecule has 2 N–H and O–H groups in total. The van der Waals surface area contributed by atoms with Gasteiger partial charge in [-0.05, 0) is 51.4 Å². The van der Waals surface area contributed by atoms with E-state index in [-0.39, 0.29) is 23.8 Å². The van der Waals surface area contributed by atoms with E-state index in [1.807, 2.05) is 50.1 Å². The average Bonchev–Trinajstić information content (AvgIpc) is 2.60. The van der Waals surface area contributed by atoms with Crippen LogP contribution in [0.1, 0.15) is 25.3 Å². The van der Waals surface area contributed by atoms with Gasteiger partial charge in [-0.3, -0.25) is 14.5 Å². The largest absolute Gasteiger partial charge is 0.492 e. The zero-order valence-corrected chi connectivity index (χ0v) is 15.4. The highest BCUT2D eigenvalue weighted by Crippen LogP contribution is 2.18. The number of amides is 2. The second kappa shape index (κ2) is 8.85. The zero-order chi connectivity index (χ0) is 18.4. The average molecular weight is 347 g/mol. The minimum atomic E-state index is -0.315. The molecule has 2 amide bonds. The van der Waals surface area contributed by atoms with E-state index in [1.165, 1.54) is 0 Å². The Labute approximate surface area is 149 Å². The molecule has 0 radical (unpaired) electrons. The Balaban J connectivity index is 1.81. The lowest BCUT2D eigenvalue weighted by Gasteiger charge is -2.35. The normalized spacial score (nSPS) is 18.9. The molecule has 0 aromatic heterocycles. The third-order valence-electron chi connectivity index (χ3n) is 4.86. The van der Waals surface area contributed by atoms with Crippen LogP contribution in [0.5, 0.6) is 5.75 Å². The first kappa shape index (κ1) is 19.2. The first-order chi connectivity index (χ1) is 11.9. The van der Waals surface area contributed by atoms with Gasteiger partial charge in [-0.2, -0.15) is 0 Å². The van der Waals surface area contributed by atoms with Gasteiger partial charge in [0.15, 0.2) is 0 Å². The van der Waals surface area contributed by atoms with Crippen LogP contribution < -0.4 is 10.5 Å². The third kappa shape index (κ3) is 5.46. The van der Waals surface area contributed by atoms with Crippen molar-refractivity contribution < 1.29 is 14.3 Å². The van der Waals surface area contributed by atoms with Crippen molar-refractivity contribution in [2.75, 3.05) is 33.3 Å². The van der Waals surface area contributed by atoms with E-state index in [0.29, 0.717) is 26.2 Å². The van der Waals surface area contributed by atoms with Crippen molar-refractivity contribution in [1.29, 1.82) is 0 Å². The number of likely N-dealkylation sites (N-methyl/N-ethyl adjacent to an activating group) is 1. The van der Waals surface area contributed by atoms with Crippen LogP contribution in [0, 0.1) is 12.8 Å². The highest BCUT2D eigenvalue weighted by atomic mass is 16.5. The van der Waals surface area contributed by atoms with Gasteiger partial charge in [0.05, 0.1) is 12.0 Å². The standard InChI is InChI=1S/C19H29N3O3/c1-14-6-4-8-17(12-14)25-11-10-21(3)15(2)19(24)22-9-5-7-16(13-22)18(20)23/h4,6,8,12,15-16H,5,7,9-11,13H2,1-3H3,(H2,20,23)/t15-,16+/m0/s1. The van der Waals surface area contributed by atoms with Crippen molar-refractivity contribution in [3.05, 3.63) is 29.8 Å². The number of aryl methyl sites for hydroxylation is 1. The van der Waals surface area contributed by atoms with Crippen molar-refractivity contribution in [2.45, 2.75) is 32.7 Å². The molecule has 1 aromatic rings. The number of rotatable bonds is 7. The van der Waals surface area contributed by atoms with Gasteiger partial charge in [-0.25, -0.2) is 0 Å². The van der Waals surface area contributed by atoms with Crippen molar-refractivity contribution in [1.82, 2.24) is 9.80 Å². The maximum atomic E-state index is 12.7.